The highest BCUT2D eigenvalue weighted by molar-refractivity contribution is 5.86. The summed E-state index contributed by atoms with van der Waals surface area (Å²) in [5.41, 5.74) is 13.1. The summed E-state index contributed by atoms with van der Waals surface area (Å²) in [5.74, 6) is 18.5. The molecule has 8 rings (SSSR count). The van der Waals surface area contributed by atoms with Crippen LogP contribution in [0.25, 0.3) is 46.6 Å². The highest BCUT2D eigenvalue weighted by atomic mass is 15.0. The summed E-state index contributed by atoms with van der Waals surface area (Å²) in [5, 5.41) is 2.28. The largest absolute Gasteiger partial charge is 0.329 e. The average Bonchev–Trinajstić information content (AvgIpc) is 3.84. The molecule has 0 atom stereocenters. The molecule has 1 heteroatoms. The molecule has 1 nitrogen and oxygen atoms in total. The van der Waals surface area contributed by atoms with E-state index in [1.54, 1.807) is 0 Å². The molecule has 282 valence electrons. The smallest absolute Gasteiger partial charge is 0.101 e. The SMILES string of the molecule is C#CCn1c(/C=C\C)c(/C=C/C2(C#Cc3cccc(C#CC4(C(CC)CC)c5ccccc5-c5ccccc54)c3)c3ccccc3-c3ccccc32)c(=C/C)/c1=C\C. The molecule has 0 saturated carbocycles. The molecule has 0 N–H and O–H groups in total. The molecule has 58 heavy (non-hydrogen) atoms. The number of hydrogen-bond acceptors (Lipinski definition) is 0. The summed E-state index contributed by atoms with van der Waals surface area (Å²) in [4.78, 5) is 0. The number of allylic oxidation sites excluding steroid dienone is 2. The van der Waals surface area contributed by atoms with Crippen molar-refractivity contribution in [2.45, 2.75) is 64.8 Å². The Bertz CT molecular complexity index is 2820. The maximum absolute atomic E-state index is 5.91. The second kappa shape index (κ2) is 16.0. The third kappa shape index (κ3) is 6.10. The lowest BCUT2D eigenvalue weighted by Crippen LogP contribution is -2.33. The minimum Gasteiger partial charge on any atom is -0.329 e. The van der Waals surface area contributed by atoms with E-state index in [0.29, 0.717) is 12.5 Å². The van der Waals surface area contributed by atoms with Crippen LogP contribution in [0, 0.1) is 41.9 Å². The van der Waals surface area contributed by atoms with Crippen LogP contribution < -0.4 is 10.6 Å². The average molecular weight is 748 g/mol. The van der Waals surface area contributed by atoms with E-state index in [0.717, 1.165) is 45.8 Å². The van der Waals surface area contributed by atoms with Gasteiger partial charge in [-0.2, -0.15) is 0 Å². The van der Waals surface area contributed by atoms with Gasteiger partial charge in [-0.3, -0.25) is 0 Å². The van der Waals surface area contributed by atoms with E-state index >= 15 is 0 Å². The molecule has 5 aromatic carbocycles. The van der Waals surface area contributed by atoms with E-state index in [9.17, 15) is 0 Å². The van der Waals surface area contributed by atoms with E-state index in [-0.39, 0.29) is 5.41 Å². The first-order valence-electron chi connectivity index (χ1n) is 20.6. The van der Waals surface area contributed by atoms with Crippen molar-refractivity contribution in [1.82, 2.24) is 4.57 Å². The van der Waals surface area contributed by atoms with Gasteiger partial charge < -0.3 is 4.57 Å². The van der Waals surface area contributed by atoms with Crippen LogP contribution in [-0.2, 0) is 17.4 Å². The predicted octanol–water partition coefficient (Wildman–Crippen LogP) is 11.5. The Labute approximate surface area is 345 Å². The zero-order valence-corrected chi connectivity index (χ0v) is 34.2. The molecule has 0 spiro atoms. The molecule has 6 aromatic rings. The topological polar surface area (TPSA) is 4.93 Å². The van der Waals surface area contributed by atoms with Gasteiger partial charge in [0.25, 0.3) is 0 Å². The van der Waals surface area contributed by atoms with E-state index in [2.05, 4.69) is 227 Å². The second-order valence-electron chi connectivity index (χ2n) is 15.2. The molecule has 0 radical (unpaired) electrons. The summed E-state index contributed by atoms with van der Waals surface area (Å²) in [6.45, 7) is 11.3. The zero-order chi connectivity index (χ0) is 40.3. The number of nitrogens with zero attached hydrogens (tertiary/aromatic N) is 1. The van der Waals surface area contributed by atoms with Gasteiger partial charge in [0.15, 0.2) is 0 Å². The van der Waals surface area contributed by atoms with Gasteiger partial charge >= 0.3 is 0 Å². The van der Waals surface area contributed by atoms with Crippen LogP contribution in [0.4, 0.5) is 0 Å². The minimum absolute atomic E-state index is 0.371. The first-order chi connectivity index (χ1) is 28.5. The minimum atomic E-state index is -0.700. The molecule has 0 unspecified atom stereocenters. The van der Waals surface area contributed by atoms with Crippen molar-refractivity contribution in [3.63, 3.8) is 0 Å². The van der Waals surface area contributed by atoms with Gasteiger partial charge in [-0.15, -0.1) is 6.42 Å². The fraction of sp³-hybridized carbons (Fsp3) is 0.193. The lowest BCUT2D eigenvalue weighted by Gasteiger charge is -2.34. The third-order valence-electron chi connectivity index (χ3n) is 12.3. The fourth-order valence-electron chi connectivity index (χ4n) is 9.78. The molecule has 0 aliphatic heterocycles. The Balaban J connectivity index is 1.30. The molecule has 2 aliphatic carbocycles. The lowest BCUT2D eigenvalue weighted by atomic mass is 9.66. The molecule has 1 aromatic heterocycles. The Morgan fingerprint density at radius 3 is 1.64 bits per heavy atom. The van der Waals surface area contributed by atoms with Crippen molar-refractivity contribution >= 4 is 24.3 Å². The molecular formula is C57H49N. The van der Waals surface area contributed by atoms with Crippen LogP contribution in [0.5, 0.6) is 0 Å². The van der Waals surface area contributed by atoms with Gasteiger partial charge in [0, 0.05) is 33.0 Å². The van der Waals surface area contributed by atoms with Crippen LogP contribution in [0.3, 0.4) is 0 Å². The summed E-state index contributed by atoms with van der Waals surface area (Å²) in [7, 11) is 0. The summed E-state index contributed by atoms with van der Waals surface area (Å²) in [6, 6.07) is 43.6. The van der Waals surface area contributed by atoms with Crippen molar-refractivity contribution < 1.29 is 0 Å². The van der Waals surface area contributed by atoms with Crippen LogP contribution in [0.2, 0.25) is 0 Å². The Morgan fingerprint density at radius 2 is 1.14 bits per heavy atom. The highest BCUT2D eigenvalue weighted by Gasteiger charge is 2.46. The number of rotatable bonds is 7. The van der Waals surface area contributed by atoms with Gasteiger partial charge in [0.2, 0.25) is 0 Å². The van der Waals surface area contributed by atoms with E-state index in [1.165, 1.54) is 44.5 Å². The van der Waals surface area contributed by atoms with Crippen molar-refractivity contribution in [1.29, 1.82) is 0 Å². The summed E-state index contributed by atoms with van der Waals surface area (Å²) >= 11 is 0. The van der Waals surface area contributed by atoms with Crippen LogP contribution in [-0.4, -0.2) is 4.57 Å². The third-order valence-corrected chi connectivity index (χ3v) is 12.3. The molecule has 1 heterocycles. The van der Waals surface area contributed by atoms with Crippen LogP contribution in [0.1, 0.15) is 92.1 Å². The van der Waals surface area contributed by atoms with Crippen molar-refractivity contribution in [3.05, 3.63) is 189 Å². The maximum atomic E-state index is 5.91. The van der Waals surface area contributed by atoms with Crippen LogP contribution in [0.15, 0.2) is 133 Å². The van der Waals surface area contributed by atoms with Gasteiger partial charge in [0.1, 0.15) is 5.41 Å². The second-order valence-corrected chi connectivity index (χ2v) is 15.2. The summed E-state index contributed by atoms with van der Waals surface area (Å²) < 4.78 is 2.23. The Kier molecular flexibility index (Phi) is 10.5. The van der Waals surface area contributed by atoms with E-state index in [1.807, 2.05) is 0 Å². The first kappa shape index (κ1) is 38.2. The van der Waals surface area contributed by atoms with Gasteiger partial charge in [-0.1, -0.05) is 190 Å². The standard InChI is InChI=1S/C57H49N/c1-7-22-55-49(44(11-5)54(12-6)58(55)39-8-2)35-37-56(50-29-17-13-25-45(50)46-26-14-18-30-51(46)56)36-33-41-23-21-24-42(40-41)34-38-57(43(9-3)10-4)52-31-19-15-27-47(52)48-28-16-20-32-53(48)57/h2,7,11-32,35,37,40,43H,9-10,39H2,1,3-6H3/b22-7-,37-35+,44-11-,54-12+. The predicted molar refractivity (Wildman–Crippen MR) is 246 cm³/mol. The molecule has 2 aliphatic rings. The Morgan fingerprint density at radius 1 is 0.621 bits per heavy atom. The maximum Gasteiger partial charge on any atom is 0.101 e. The van der Waals surface area contributed by atoms with Gasteiger partial charge in [-0.05, 0) is 95.5 Å². The van der Waals surface area contributed by atoms with E-state index < -0.39 is 5.41 Å². The number of hydrogen-bond donors (Lipinski definition) is 0. The zero-order valence-electron chi connectivity index (χ0n) is 34.2. The molecule has 0 amide bonds. The molecule has 0 fully saturated rings. The van der Waals surface area contributed by atoms with Crippen LogP contribution >= 0.6 is 0 Å². The number of aromatic nitrogens is 1. The number of terminal acetylenes is 1. The summed E-state index contributed by atoms with van der Waals surface area (Å²) in [6.07, 6.45) is 21.2. The quantitative estimate of drug-likeness (QED) is 0.143. The number of benzene rings is 5. The van der Waals surface area contributed by atoms with Crippen molar-refractivity contribution in [2.75, 3.05) is 0 Å². The monoisotopic (exact) mass is 747 g/mol. The fourth-order valence-corrected chi connectivity index (χ4v) is 9.78. The Hall–Kier alpha value is -6.72. The molecule has 0 saturated heterocycles. The van der Waals surface area contributed by atoms with E-state index in [4.69, 9.17) is 6.42 Å². The lowest BCUT2D eigenvalue weighted by molar-refractivity contribution is 0.377. The normalized spacial score (nSPS) is 14.7. The highest BCUT2D eigenvalue weighted by Crippen LogP contribution is 2.54. The van der Waals surface area contributed by atoms with Gasteiger partial charge in [-0.25, -0.2) is 0 Å². The molecule has 0 bridgehead atoms. The number of fused-ring (bicyclic) bond motifs is 6. The van der Waals surface area contributed by atoms with Gasteiger partial charge in [0.05, 0.1) is 12.0 Å². The van der Waals surface area contributed by atoms with Crippen molar-refractivity contribution in [3.8, 4) is 58.3 Å². The molecular weight excluding hydrogens is 699 g/mol. The van der Waals surface area contributed by atoms with Crippen molar-refractivity contribution in [2.24, 2.45) is 5.92 Å². The first-order valence-corrected chi connectivity index (χ1v) is 20.6.